The molecular weight excluding hydrogens is 264 g/mol. The first kappa shape index (κ1) is 16.1. The van der Waals surface area contributed by atoms with Crippen molar-refractivity contribution < 1.29 is 19.1 Å². The molecule has 0 aliphatic carbocycles. The van der Waals surface area contributed by atoms with Crippen LogP contribution >= 0.6 is 0 Å². The number of nitrogens with two attached hydrogens (primary N) is 2. The van der Waals surface area contributed by atoms with Crippen molar-refractivity contribution in [2.75, 3.05) is 13.1 Å². The lowest BCUT2D eigenvalue weighted by atomic mass is 10.3. The quantitative estimate of drug-likeness (QED) is 0.211. The van der Waals surface area contributed by atoms with Crippen molar-refractivity contribution in [2.45, 2.75) is 12.8 Å². The highest BCUT2D eigenvalue weighted by atomic mass is 16.6. The molecule has 6 N–H and O–H groups in total. The van der Waals surface area contributed by atoms with Gasteiger partial charge in [-0.2, -0.15) is 0 Å². The Morgan fingerprint density at radius 1 is 0.900 bits per heavy atom. The van der Waals surface area contributed by atoms with E-state index in [2.05, 4.69) is 10.9 Å². The summed E-state index contributed by atoms with van der Waals surface area (Å²) in [5, 5.41) is 0. The Balaban J connectivity index is 2.63. The second-order valence-electron chi connectivity index (χ2n) is 3.80. The molecule has 0 fully saturated rings. The number of nitrogens with one attached hydrogen (secondary N) is 2. The zero-order valence-electron chi connectivity index (χ0n) is 10.9. The maximum absolute atomic E-state index is 11.5. The van der Waals surface area contributed by atoms with E-state index in [1.807, 2.05) is 0 Å². The fourth-order valence-corrected chi connectivity index (χ4v) is 1.31. The Hall–Kier alpha value is -2.00. The SMILES string of the molecule is NNCCC(=O)Oc1ccccc1OC(=O)CCNN. The number of rotatable bonds is 8. The van der Waals surface area contributed by atoms with Crippen molar-refractivity contribution in [3.05, 3.63) is 24.3 Å². The molecule has 8 heteroatoms. The van der Waals surface area contributed by atoms with E-state index in [1.165, 1.54) is 12.1 Å². The van der Waals surface area contributed by atoms with Gasteiger partial charge in [-0.05, 0) is 12.1 Å². The number of hydrazine groups is 2. The zero-order chi connectivity index (χ0) is 14.8. The van der Waals surface area contributed by atoms with E-state index >= 15 is 0 Å². The average Bonchev–Trinajstić information content (AvgIpc) is 2.45. The van der Waals surface area contributed by atoms with Crippen LogP contribution in [0.25, 0.3) is 0 Å². The van der Waals surface area contributed by atoms with Crippen LogP contribution in [0.15, 0.2) is 24.3 Å². The van der Waals surface area contributed by atoms with Crippen LogP contribution in [-0.2, 0) is 9.59 Å². The highest BCUT2D eigenvalue weighted by Crippen LogP contribution is 2.27. The molecule has 1 rings (SSSR count). The van der Waals surface area contributed by atoms with E-state index < -0.39 is 11.9 Å². The molecule has 1 aromatic rings. The maximum atomic E-state index is 11.5. The lowest BCUT2D eigenvalue weighted by Crippen LogP contribution is -2.27. The summed E-state index contributed by atoms with van der Waals surface area (Å²) < 4.78 is 10.2. The maximum Gasteiger partial charge on any atom is 0.312 e. The van der Waals surface area contributed by atoms with Gasteiger partial charge in [0.2, 0.25) is 0 Å². The summed E-state index contributed by atoms with van der Waals surface area (Å²) in [6.07, 6.45) is 0.214. The molecule has 0 heterocycles. The Bertz CT molecular complexity index is 412. The molecule has 8 nitrogen and oxygen atoms in total. The monoisotopic (exact) mass is 282 g/mol. The van der Waals surface area contributed by atoms with Gasteiger partial charge in [-0.25, -0.2) is 0 Å². The number of para-hydroxylation sites is 2. The van der Waals surface area contributed by atoms with Crippen LogP contribution in [0, 0.1) is 0 Å². The molecule has 0 atom stereocenters. The van der Waals surface area contributed by atoms with Crippen molar-refractivity contribution in [3.8, 4) is 11.5 Å². The van der Waals surface area contributed by atoms with E-state index in [1.54, 1.807) is 12.1 Å². The van der Waals surface area contributed by atoms with E-state index in [4.69, 9.17) is 21.2 Å². The number of carbonyl (C=O) groups excluding carboxylic acids is 2. The normalized spacial score (nSPS) is 10.1. The van der Waals surface area contributed by atoms with Crippen LogP contribution < -0.4 is 32.0 Å². The Labute approximate surface area is 116 Å². The van der Waals surface area contributed by atoms with Crippen molar-refractivity contribution in [1.29, 1.82) is 0 Å². The minimum absolute atomic E-state index is 0.107. The molecule has 1 aromatic carbocycles. The number of benzene rings is 1. The Morgan fingerprint density at radius 3 is 1.65 bits per heavy atom. The lowest BCUT2D eigenvalue weighted by molar-refractivity contribution is -0.137. The van der Waals surface area contributed by atoms with Gasteiger partial charge in [0.05, 0.1) is 12.8 Å². The summed E-state index contributed by atoms with van der Waals surface area (Å²) in [4.78, 5) is 23.0. The number of hydrogen-bond donors (Lipinski definition) is 4. The number of hydrogen-bond acceptors (Lipinski definition) is 8. The van der Waals surface area contributed by atoms with E-state index in [0.717, 1.165) is 0 Å². The van der Waals surface area contributed by atoms with Crippen LogP contribution in [-0.4, -0.2) is 25.0 Å². The average molecular weight is 282 g/mol. The van der Waals surface area contributed by atoms with Crippen LogP contribution in [0.4, 0.5) is 0 Å². The van der Waals surface area contributed by atoms with Crippen molar-refractivity contribution in [3.63, 3.8) is 0 Å². The van der Waals surface area contributed by atoms with Gasteiger partial charge in [0.15, 0.2) is 11.5 Å². The van der Waals surface area contributed by atoms with Gasteiger partial charge in [0.25, 0.3) is 0 Å². The molecule has 0 amide bonds. The van der Waals surface area contributed by atoms with Gasteiger partial charge in [0, 0.05) is 13.1 Å². The smallest absolute Gasteiger partial charge is 0.312 e. The number of ether oxygens (including phenoxy) is 2. The molecule has 0 bridgehead atoms. The molecule has 0 saturated carbocycles. The van der Waals surface area contributed by atoms with Crippen LogP contribution in [0.1, 0.15) is 12.8 Å². The van der Waals surface area contributed by atoms with Gasteiger partial charge in [-0.15, -0.1) is 0 Å². The lowest BCUT2D eigenvalue weighted by Gasteiger charge is -2.10. The van der Waals surface area contributed by atoms with E-state index in [-0.39, 0.29) is 24.3 Å². The fourth-order valence-electron chi connectivity index (χ4n) is 1.31. The summed E-state index contributed by atoms with van der Waals surface area (Å²) >= 11 is 0. The molecule has 0 aliphatic rings. The molecular formula is C12H18N4O4. The molecule has 20 heavy (non-hydrogen) atoms. The van der Waals surface area contributed by atoms with Crippen molar-refractivity contribution in [1.82, 2.24) is 10.9 Å². The fraction of sp³-hybridized carbons (Fsp3) is 0.333. The first-order valence-corrected chi connectivity index (χ1v) is 6.04. The predicted octanol–water partition coefficient (Wildman–Crippen LogP) is -0.796. The number of carbonyl (C=O) groups is 2. The first-order chi connectivity index (χ1) is 9.67. The number of esters is 2. The molecule has 0 spiro atoms. The second kappa shape index (κ2) is 8.99. The summed E-state index contributed by atoms with van der Waals surface area (Å²) in [6.45, 7) is 0.589. The van der Waals surface area contributed by atoms with Gasteiger partial charge in [-0.3, -0.25) is 32.1 Å². The van der Waals surface area contributed by atoms with Gasteiger partial charge < -0.3 is 9.47 Å². The molecule has 0 aliphatic heterocycles. The largest absolute Gasteiger partial charge is 0.422 e. The third kappa shape index (κ3) is 5.76. The molecule has 110 valence electrons. The van der Waals surface area contributed by atoms with Gasteiger partial charge >= 0.3 is 11.9 Å². The molecule has 0 aromatic heterocycles. The molecule has 0 saturated heterocycles. The van der Waals surface area contributed by atoms with E-state index in [0.29, 0.717) is 13.1 Å². The highest BCUT2D eigenvalue weighted by molar-refractivity contribution is 5.76. The first-order valence-electron chi connectivity index (χ1n) is 6.04. The Kier molecular flexibility index (Phi) is 7.22. The van der Waals surface area contributed by atoms with E-state index in [9.17, 15) is 9.59 Å². The standard InChI is InChI=1S/C12H18N4O4/c13-15-7-5-11(17)19-9-3-1-2-4-10(9)20-12(18)6-8-16-14/h1-4,15-16H,5-8,13-14H2. The van der Waals surface area contributed by atoms with Gasteiger partial charge in [-0.1, -0.05) is 12.1 Å². The zero-order valence-corrected chi connectivity index (χ0v) is 10.9. The minimum atomic E-state index is -0.477. The minimum Gasteiger partial charge on any atom is -0.422 e. The molecule has 0 unspecified atom stereocenters. The van der Waals surface area contributed by atoms with Crippen LogP contribution in [0.5, 0.6) is 11.5 Å². The third-order valence-electron chi connectivity index (χ3n) is 2.24. The molecule has 0 radical (unpaired) electrons. The predicted molar refractivity (Wildman–Crippen MR) is 71.3 cm³/mol. The van der Waals surface area contributed by atoms with Gasteiger partial charge in [0.1, 0.15) is 0 Å². The Morgan fingerprint density at radius 2 is 1.30 bits per heavy atom. The third-order valence-corrected chi connectivity index (χ3v) is 2.24. The topological polar surface area (TPSA) is 129 Å². The van der Waals surface area contributed by atoms with Crippen LogP contribution in [0.3, 0.4) is 0 Å². The summed E-state index contributed by atoms with van der Waals surface area (Å²) in [5.74, 6) is 9.55. The van der Waals surface area contributed by atoms with Crippen molar-refractivity contribution in [2.24, 2.45) is 11.7 Å². The summed E-state index contributed by atoms with van der Waals surface area (Å²) in [6, 6.07) is 6.42. The second-order valence-corrected chi connectivity index (χ2v) is 3.80. The highest BCUT2D eigenvalue weighted by Gasteiger charge is 2.12. The van der Waals surface area contributed by atoms with Crippen molar-refractivity contribution >= 4 is 11.9 Å². The summed E-state index contributed by atoms with van der Waals surface area (Å²) in [5.41, 5.74) is 4.70. The van der Waals surface area contributed by atoms with Crippen LogP contribution in [0.2, 0.25) is 0 Å². The summed E-state index contributed by atoms with van der Waals surface area (Å²) in [7, 11) is 0.